The summed E-state index contributed by atoms with van der Waals surface area (Å²) >= 11 is 11.7. The van der Waals surface area contributed by atoms with Gasteiger partial charge in [-0.2, -0.15) is 5.10 Å². The first-order valence-corrected chi connectivity index (χ1v) is 6.99. The van der Waals surface area contributed by atoms with Crippen LogP contribution in [0.5, 0.6) is 11.5 Å². The van der Waals surface area contributed by atoms with Gasteiger partial charge in [0.15, 0.2) is 6.61 Å². The molecule has 22 heavy (non-hydrogen) atoms. The number of aromatic hydroxyl groups is 1. The van der Waals surface area contributed by atoms with Crippen molar-refractivity contribution < 1.29 is 14.6 Å². The minimum Gasteiger partial charge on any atom is -0.508 e. The number of nitrogens with zero attached hydrogens (tertiary/aromatic N) is 1. The molecule has 0 aliphatic heterocycles. The highest BCUT2D eigenvalue weighted by Gasteiger charge is 2.05. The van der Waals surface area contributed by atoms with Crippen molar-refractivity contribution in [2.75, 3.05) is 6.61 Å². The van der Waals surface area contributed by atoms with Crippen molar-refractivity contribution in [3.63, 3.8) is 0 Å². The smallest absolute Gasteiger partial charge is 0.277 e. The Morgan fingerprint density at radius 1 is 1.23 bits per heavy atom. The molecule has 0 unspecified atom stereocenters. The Hall–Kier alpha value is -2.24. The maximum Gasteiger partial charge on any atom is 0.277 e. The lowest BCUT2D eigenvalue weighted by Gasteiger charge is -2.07. The monoisotopic (exact) mass is 338 g/mol. The maximum absolute atomic E-state index is 11.6. The molecule has 7 heteroatoms. The number of hydrazone groups is 1. The first-order chi connectivity index (χ1) is 10.5. The number of hydrogen-bond acceptors (Lipinski definition) is 4. The lowest BCUT2D eigenvalue weighted by atomic mass is 10.2. The number of rotatable bonds is 5. The van der Waals surface area contributed by atoms with E-state index in [1.807, 2.05) is 0 Å². The number of phenols is 1. The molecule has 114 valence electrons. The zero-order valence-corrected chi connectivity index (χ0v) is 12.8. The SMILES string of the molecule is O=C(COc1cc(Cl)ccc1Cl)N/N=C/c1ccc(O)cc1. The summed E-state index contributed by atoms with van der Waals surface area (Å²) in [5.41, 5.74) is 3.05. The lowest BCUT2D eigenvalue weighted by molar-refractivity contribution is -0.123. The van der Waals surface area contributed by atoms with Crippen LogP contribution in [0.3, 0.4) is 0 Å². The van der Waals surface area contributed by atoms with Crippen molar-refractivity contribution in [3.05, 3.63) is 58.1 Å². The van der Waals surface area contributed by atoms with Crippen LogP contribution >= 0.6 is 23.2 Å². The molecule has 2 rings (SSSR count). The minimum absolute atomic E-state index is 0.160. The summed E-state index contributed by atoms with van der Waals surface area (Å²) in [6.45, 7) is -0.243. The van der Waals surface area contributed by atoms with E-state index in [1.165, 1.54) is 24.4 Å². The van der Waals surface area contributed by atoms with Gasteiger partial charge in [0.1, 0.15) is 11.5 Å². The quantitative estimate of drug-likeness (QED) is 0.649. The largest absolute Gasteiger partial charge is 0.508 e. The predicted octanol–water partition coefficient (Wildman–Crippen LogP) is 3.23. The van der Waals surface area contributed by atoms with Crippen molar-refractivity contribution in [3.8, 4) is 11.5 Å². The highest BCUT2D eigenvalue weighted by atomic mass is 35.5. The van der Waals surface area contributed by atoms with Gasteiger partial charge < -0.3 is 9.84 Å². The number of carbonyl (C=O) groups excluding carboxylic acids is 1. The third-order valence-electron chi connectivity index (χ3n) is 2.55. The van der Waals surface area contributed by atoms with Crippen molar-refractivity contribution in [1.82, 2.24) is 5.43 Å². The molecule has 2 aromatic carbocycles. The van der Waals surface area contributed by atoms with E-state index in [9.17, 15) is 4.79 Å². The second kappa shape index (κ2) is 7.68. The summed E-state index contributed by atoms with van der Waals surface area (Å²) in [6.07, 6.45) is 1.45. The molecule has 0 saturated heterocycles. The molecule has 2 aromatic rings. The van der Waals surface area contributed by atoms with Gasteiger partial charge in [0.05, 0.1) is 11.2 Å². The van der Waals surface area contributed by atoms with E-state index >= 15 is 0 Å². The molecular weight excluding hydrogens is 327 g/mol. The summed E-state index contributed by atoms with van der Waals surface area (Å²) in [7, 11) is 0. The molecule has 0 radical (unpaired) electrons. The maximum atomic E-state index is 11.6. The molecule has 0 aliphatic rings. The highest BCUT2D eigenvalue weighted by Crippen LogP contribution is 2.27. The second-order valence-corrected chi connectivity index (χ2v) is 5.09. The Kier molecular flexibility index (Phi) is 5.63. The van der Waals surface area contributed by atoms with Crippen molar-refractivity contribution >= 4 is 35.3 Å². The van der Waals surface area contributed by atoms with E-state index in [-0.39, 0.29) is 12.4 Å². The van der Waals surface area contributed by atoms with Gasteiger partial charge in [-0.25, -0.2) is 5.43 Å². The first-order valence-electron chi connectivity index (χ1n) is 6.23. The van der Waals surface area contributed by atoms with Gasteiger partial charge in [-0.1, -0.05) is 23.2 Å². The molecule has 0 heterocycles. The summed E-state index contributed by atoms with van der Waals surface area (Å²) in [5, 5.41) is 13.7. The number of hydrogen-bond donors (Lipinski definition) is 2. The van der Waals surface area contributed by atoms with Gasteiger partial charge in [-0.05, 0) is 42.0 Å². The Labute approximate surface area is 137 Å². The fourth-order valence-corrected chi connectivity index (χ4v) is 1.84. The molecular formula is C15H12Cl2N2O3. The van der Waals surface area contributed by atoms with Gasteiger partial charge in [-0.3, -0.25) is 4.79 Å². The summed E-state index contributed by atoms with van der Waals surface area (Å²) in [6, 6.07) is 11.1. The van der Waals surface area contributed by atoms with Gasteiger partial charge in [-0.15, -0.1) is 0 Å². The Morgan fingerprint density at radius 2 is 1.95 bits per heavy atom. The molecule has 0 saturated carbocycles. The molecule has 0 aromatic heterocycles. The number of halogens is 2. The van der Waals surface area contributed by atoms with Crippen molar-refractivity contribution in [1.29, 1.82) is 0 Å². The lowest BCUT2D eigenvalue weighted by Crippen LogP contribution is -2.24. The van der Waals surface area contributed by atoms with Crippen LogP contribution in [0.25, 0.3) is 0 Å². The number of nitrogens with one attached hydrogen (secondary N) is 1. The average Bonchev–Trinajstić information content (AvgIpc) is 2.50. The molecule has 0 fully saturated rings. The molecule has 0 aliphatic carbocycles. The van der Waals surface area contributed by atoms with E-state index in [1.54, 1.807) is 24.3 Å². The molecule has 2 N–H and O–H groups in total. The summed E-state index contributed by atoms with van der Waals surface area (Å²) in [5.74, 6) is 0.0471. The Morgan fingerprint density at radius 3 is 2.68 bits per heavy atom. The molecule has 5 nitrogen and oxygen atoms in total. The van der Waals surface area contributed by atoms with Crippen LogP contribution in [-0.2, 0) is 4.79 Å². The van der Waals surface area contributed by atoms with Crippen LogP contribution in [0.1, 0.15) is 5.56 Å². The van der Waals surface area contributed by atoms with Crippen molar-refractivity contribution in [2.24, 2.45) is 5.10 Å². The van der Waals surface area contributed by atoms with Crippen LogP contribution in [0, 0.1) is 0 Å². The molecule has 0 spiro atoms. The number of amides is 1. The third-order valence-corrected chi connectivity index (χ3v) is 3.10. The third kappa shape index (κ3) is 4.95. The minimum atomic E-state index is -0.439. The topological polar surface area (TPSA) is 70.9 Å². The molecule has 1 amide bonds. The van der Waals surface area contributed by atoms with E-state index in [2.05, 4.69) is 10.5 Å². The fourth-order valence-electron chi connectivity index (χ4n) is 1.50. The van der Waals surface area contributed by atoms with Gasteiger partial charge >= 0.3 is 0 Å². The Bertz CT molecular complexity index is 688. The first kappa shape index (κ1) is 16.1. The van der Waals surface area contributed by atoms with E-state index < -0.39 is 5.91 Å². The predicted molar refractivity (Wildman–Crippen MR) is 85.8 cm³/mol. The second-order valence-electron chi connectivity index (χ2n) is 4.25. The van der Waals surface area contributed by atoms with E-state index in [0.717, 1.165) is 5.56 Å². The van der Waals surface area contributed by atoms with Gasteiger partial charge in [0.2, 0.25) is 0 Å². The standard InChI is InChI=1S/C15H12Cl2N2O3/c16-11-3-6-13(17)14(7-11)22-9-15(21)19-18-8-10-1-4-12(20)5-2-10/h1-8,20H,9H2,(H,19,21)/b18-8+. The zero-order valence-electron chi connectivity index (χ0n) is 11.3. The van der Waals surface area contributed by atoms with Gasteiger partial charge in [0.25, 0.3) is 5.91 Å². The van der Waals surface area contributed by atoms with Gasteiger partial charge in [0, 0.05) is 11.1 Å². The average molecular weight is 339 g/mol. The van der Waals surface area contributed by atoms with Crippen LogP contribution < -0.4 is 10.2 Å². The highest BCUT2D eigenvalue weighted by molar-refractivity contribution is 6.34. The molecule has 0 bridgehead atoms. The van der Waals surface area contributed by atoms with E-state index in [0.29, 0.717) is 15.8 Å². The number of benzene rings is 2. The zero-order chi connectivity index (χ0) is 15.9. The summed E-state index contributed by atoms with van der Waals surface area (Å²) in [4.78, 5) is 11.6. The van der Waals surface area contributed by atoms with Crippen LogP contribution in [-0.4, -0.2) is 23.8 Å². The van der Waals surface area contributed by atoms with Crippen LogP contribution in [0.2, 0.25) is 10.0 Å². The fraction of sp³-hybridized carbons (Fsp3) is 0.0667. The Balaban J connectivity index is 1.83. The molecule has 0 atom stereocenters. The number of ether oxygens (including phenoxy) is 1. The van der Waals surface area contributed by atoms with Crippen molar-refractivity contribution in [2.45, 2.75) is 0 Å². The number of carbonyl (C=O) groups is 1. The summed E-state index contributed by atoms with van der Waals surface area (Å²) < 4.78 is 5.26. The van der Waals surface area contributed by atoms with Crippen LogP contribution in [0.4, 0.5) is 0 Å². The normalized spacial score (nSPS) is 10.6. The van der Waals surface area contributed by atoms with E-state index in [4.69, 9.17) is 33.0 Å². The number of phenolic OH excluding ortho intramolecular Hbond substituents is 1. The van der Waals surface area contributed by atoms with Crippen LogP contribution in [0.15, 0.2) is 47.6 Å².